The molecule has 1 aliphatic rings. The monoisotopic (exact) mass is 491 g/mol. The van der Waals surface area contributed by atoms with Crippen molar-refractivity contribution in [1.29, 1.82) is 5.26 Å². The lowest BCUT2D eigenvalue weighted by Crippen LogP contribution is -2.46. The third kappa shape index (κ3) is 5.16. The lowest BCUT2D eigenvalue weighted by molar-refractivity contribution is 0.262. The summed E-state index contributed by atoms with van der Waals surface area (Å²) < 4.78 is 6.11. The van der Waals surface area contributed by atoms with E-state index in [2.05, 4.69) is 41.4 Å². The standard InChI is InChI=1S/C24H26ClN9O/c1-15-12-17-18(27-15)4-5-19(23(17)25)35-24-29-20(28-21-13-16(2)31-32-21)14-22(30-24)34-10-8-33(9-11-34)7-3-6-26/h4-5,12-14,27H,3,7-11H2,1-2H3,(H2,28,29,30,31,32). The average Bonchev–Trinajstić information content (AvgIpc) is 3.44. The zero-order valence-corrected chi connectivity index (χ0v) is 20.4. The van der Waals surface area contributed by atoms with Gasteiger partial charge >= 0.3 is 6.01 Å². The molecule has 1 aromatic carbocycles. The van der Waals surface area contributed by atoms with Crippen LogP contribution in [0.15, 0.2) is 30.3 Å². The molecule has 0 amide bonds. The summed E-state index contributed by atoms with van der Waals surface area (Å²) in [6, 6.07) is 11.9. The summed E-state index contributed by atoms with van der Waals surface area (Å²) in [6.07, 6.45) is 0.536. The molecule has 5 rings (SSSR count). The largest absolute Gasteiger partial charge is 0.423 e. The summed E-state index contributed by atoms with van der Waals surface area (Å²) in [6.45, 7) is 8.00. The minimum absolute atomic E-state index is 0.192. The third-order valence-electron chi connectivity index (χ3n) is 5.93. The Bertz CT molecular complexity index is 1380. The van der Waals surface area contributed by atoms with Crippen LogP contribution in [0.1, 0.15) is 17.8 Å². The van der Waals surface area contributed by atoms with Gasteiger partial charge in [-0.05, 0) is 32.0 Å². The molecule has 1 fully saturated rings. The van der Waals surface area contributed by atoms with E-state index in [1.807, 2.05) is 44.2 Å². The first-order valence-electron chi connectivity index (χ1n) is 11.5. The number of nitrogens with zero attached hydrogens (tertiary/aromatic N) is 6. The molecule has 3 aromatic heterocycles. The number of fused-ring (bicyclic) bond motifs is 1. The van der Waals surface area contributed by atoms with Crippen LogP contribution in [0.3, 0.4) is 0 Å². The molecular formula is C24H26ClN9O. The summed E-state index contributed by atoms with van der Waals surface area (Å²) >= 11 is 6.65. The van der Waals surface area contributed by atoms with Crippen molar-refractivity contribution in [3.63, 3.8) is 0 Å². The Morgan fingerprint density at radius 3 is 2.66 bits per heavy atom. The predicted molar refractivity (Wildman–Crippen MR) is 136 cm³/mol. The number of rotatable bonds is 7. The number of nitrogens with one attached hydrogen (secondary N) is 3. The Hall–Kier alpha value is -3.81. The molecule has 1 saturated heterocycles. The molecule has 0 aliphatic carbocycles. The quantitative estimate of drug-likeness (QED) is 0.345. The van der Waals surface area contributed by atoms with Crippen LogP contribution in [0.4, 0.5) is 17.5 Å². The minimum atomic E-state index is 0.192. The Balaban J connectivity index is 1.43. The van der Waals surface area contributed by atoms with Gasteiger partial charge in [-0.2, -0.15) is 20.3 Å². The third-order valence-corrected chi connectivity index (χ3v) is 6.32. The van der Waals surface area contributed by atoms with Gasteiger partial charge in [-0.25, -0.2) is 0 Å². The maximum atomic E-state index is 8.87. The van der Waals surface area contributed by atoms with Crippen molar-refractivity contribution in [2.75, 3.05) is 42.9 Å². The van der Waals surface area contributed by atoms with E-state index in [1.54, 1.807) is 0 Å². The van der Waals surface area contributed by atoms with E-state index in [1.165, 1.54) is 0 Å². The number of nitriles is 1. The molecule has 0 unspecified atom stereocenters. The van der Waals surface area contributed by atoms with Crippen molar-refractivity contribution in [3.05, 3.63) is 46.7 Å². The fourth-order valence-corrected chi connectivity index (χ4v) is 4.43. The molecule has 11 heteroatoms. The number of aromatic amines is 2. The normalized spacial score (nSPS) is 14.3. The topological polar surface area (TPSA) is 122 Å². The van der Waals surface area contributed by atoms with Gasteiger partial charge in [0.25, 0.3) is 0 Å². The van der Waals surface area contributed by atoms with E-state index in [0.29, 0.717) is 28.8 Å². The smallest absolute Gasteiger partial charge is 0.325 e. The van der Waals surface area contributed by atoms with Gasteiger partial charge < -0.3 is 19.9 Å². The first kappa shape index (κ1) is 23.0. The molecule has 0 atom stereocenters. The van der Waals surface area contributed by atoms with Gasteiger partial charge in [-0.1, -0.05) is 11.6 Å². The number of benzene rings is 1. The average molecular weight is 492 g/mol. The SMILES string of the molecule is Cc1cc(Nc2cc(N3CCN(CCC#N)CC3)nc(Oc3ccc4[nH]c(C)cc4c3Cl)n2)n[nH]1. The molecular weight excluding hydrogens is 466 g/mol. The van der Waals surface area contributed by atoms with E-state index in [0.717, 1.165) is 60.8 Å². The highest BCUT2D eigenvalue weighted by Gasteiger charge is 2.20. The van der Waals surface area contributed by atoms with Crippen molar-refractivity contribution in [2.45, 2.75) is 20.3 Å². The zero-order valence-electron chi connectivity index (χ0n) is 19.6. The summed E-state index contributed by atoms with van der Waals surface area (Å²) in [7, 11) is 0. The maximum absolute atomic E-state index is 8.87. The summed E-state index contributed by atoms with van der Waals surface area (Å²) in [5.74, 6) is 2.46. The van der Waals surface area contributed by atoms with Crippen LogP contribution < -0.4 is 15.0 Å². The number of aromatic nitrogens is 5. The number of aryl methyl sites for hydroxylation is 2. The van der Waals surface area contributed by atoms with Crippen LogP contribution in [0.2, 0.25) is 5.02 Å². The molecule has 35 heavy (non-hydrogen) atoms. The number of anilines is 3. The highest BCUT2D eigenvalue weighted by Crippen LogP contribution is 2.36. The molecule has 1 aliphatic heterocycles. The summed E-state index contributed by atoms with van der Waals surface area (Å²) in [4.78, 5) is 17.0. The summed E-state index contributed by atoms with van der Waals surface area (Å²) in [5.41, 5.74) is 2.90. The highest BCUT2D eigenvalue weighted by atomic mass is 35.5. The van der Waals surface area contributed by atoms with E-state index >= 15 is 0 Å². The number of piperazine rings is 1. The van der Waals surface area contributed by atoms with Crippen LogP contribution in [0.25, 0.3) is 10.9 Å². The number of ether oxygens (including phenoxy) is 1. The number of halogens is 1. The molecule has 0 saturated carbocycles. The van der Waals surface area contributed by atoms with Crippen molar-refractivity contribution in [2.24, 2.45) is 0 Å². The van der Waals surface area contributed by atoms with E-state index in [9.17, 15) is 0 Å². The van der Waals surface area contributed by atoms with Crippen LogP contribution in [0, 0.1) is 25.2 Å². The molecule has 4 heterocycles. The number of hydrogen-bond acceptors (Lipinski definition) is 8. The molecule has 0 spiro atoms. The van der Waals surface area contributed by atoms with Crippen LogP contribution in [0.5, 0.6) is 11.8 Å². The first-order valence-corrected chi connectivity index (χ1v) is 11.8. The second-order valence-corrected chi connectivity index (χ2v) is 8.96. The lowest BCUT2D eigenvalue weighted by Gasteiger charge is -2.35. The molecule has 180 valence electrons. The molecule has 10 nitrogen and oxygen atoms in total. The molecule has 0 radical (unpaired) electrons. The van der Waals surface area contributed by atoms with Gasteiger partial charge in [0.15, 0.2) is 5.82 Å². The van der Waals surface area contributed by atoms with Gasteiger partial charge in [-0.3, -0.25) is 10.00 Å². The van der Waals surface area contributed by atoms with Crippen molar-refractivity contribution >= 4 is 40.0 Å². The Morgan fingerprint density at radius 2 is 1.91 bits per heavy atom. The Kier molecular flexibility index (Phi) is 6.44. The lowest BCUT2D eigenvalue weighted by atomic mass is 10.2. The fraction of sp³-hybridized carbons (Fsp3) is 0.333. The van der Waals surface area contributed by atoms with E-state index in [4.69, 9.17) is 26.6 Å². The minimum Gasteiger partial charge on any atom is -0.423 e. The van der Waals surface area contributed by atoms with Gasteiger partial charge in [0.1, 0.15) is 17.4 Å². The van der Waals surface area contributed by atoms with E-state index in [-0.39, 0.29) is 6.01 Å². The van der Waals surface area contributed by atoms with Gasteiger partial charge in [-0.15, -0.1) is 0 Å². The van der Waals surface area contributed by atoms with Crippen molar-refractivity contribution in [1.82, 2.24) is 30.0 Å². The van der Waals surface area contributed by atoms with Crippen molar-refractivity contribution < 1.29 is 4.74 Å². The van der Waals surface area contributed by atoms with Gasteiger partial charge in [0, 0.05) is 73.6 Å². The van der Waals surface area contributed by atoms with Crippen LogP contribution in [-0.2, 0) is 0 Å². The van der Waals surface area contributed by atoms with Crippen molar-refractivity contribution in [3.8, 4) is 17.8 Å². The first-order chi connectivity index (χ1) is 17.0. The molecule has 3 N–H and O–H groups in total. The van der Waals surface area contributed by atoms with Crippen LogP contribution in [-0.4, -0.2) is 62.8 Å². The second kappa shape index (κ2) is 9.82. The number of hydrogen-bond donors (Lipinski definition) is 3. The zero-order chi connectivity index (χ0) is 24.4. The summed E-state index contributed by atoms with van der Waals surface area (Å²) in [5, 5.41) is 20.7. The Morgan fingerprint density at radius 1 is 1.09 bits per heavy atom. The maximum Gasteiger partial charge on any atom is 0.325 e. The predicted octanol–water partition coefficient (Wildman–Crippen LogP) is 4.52. The second-order valence-electron chi connectivity index (χ2n) is 8.59. The molecule has 0 bridgehead atoms. The van der Waals surface area contributed by atoms with E-state index < -0.39 is 0 Å². The van der Waals surface area contributed by atoms with Gasteiger partial charge in [0.2, 0.25) is 0 Å². The molecule has 4 aromatic rings. The number of H-pyrrole nitrogens is 2. The fourth-order valence-electron chi connectivity index (χ4n) is 4.17. The van der Waals surface area contributed by atoms with Crippen LogP contribution >= 0.6 is 11.6 Å². The Labute approximate surface area is 207 Å². The highest BCUT2D eigenvalue weighted by molar-refractivity contribution is 6.37. The van der Waals surface area contributed by atoms with Gasteiger partial charge in [0.05, 0.1) is 11.1 Å².